The Balaban J connectivity index is 5.66. The van der Waals surface area contributed by atoms with Crippen molar-refractivity contribution in [1.82, 2.24) is 0 Å². The van der Waals surface area contributed by atoms with Crippen LogP contribution in [-0.4, -0.2) is 23.5 Å². The van der Waals surface area contributed by atoms with Gasteiger partial charge in [-0.25, -0.2) is 0 Å². The minimum atomic E-state index is -2.22. The lowest BCUT2D eigenvalue weighted by Crippen LogP contribution is -2.50. The summed E-state index contributed by atoms with van der Waals surface area (Å²) in [5.74, 6) is -4.59. The summed E-state index contributed by atoms with van der Waals surface area (Å²) in [5.41, 5.74) is -3.03. The van der Waals surface area contributed by atoms with Gasteiger partial charge in [0.05, 0.1) is 11.9 Å². The summed E-state index contributed by atoms with van der Waals surface area (Å²) < 4.78 is 0. The fraction of sp³-hybridized carbons (Fsp3) is 0.538. The summed E-state index contributed by atoms with van der Waals surface area (Å²) in [6.45, 7) is 6.15. The number of Topliss-reactive ketones (excluding diaryl/α,β-unsaturated/α-hetero) is 2. The number of carbonyl (C=O) groups is 4. The van der Waals surface area contributed by atoms with E-state index in [0.29, 0.717) is 0 Å². The maximum absolute atomic E-state index is 11.5. The van der Waals surface area contributed by atoms with E-state index in [1.807, 2.05) is 0 Å². The molecule has 0 rings (SSSR count). The van der Waals surface area contributed by atoms with Crippen LogP contribution in [-0.2, 0) is 19.2 Å². The molecule has 0 heterocycles. The lowest BCUT2D eigenvalue weighted by Gasteiger charge is -2.36. The molecule has 0 aromatic carbocycles. The number of ketones is 2. The molecule has 0 spiro atoms. The topological polar surface area (TPSA) is 114 Å². The molecule has 0 aliphatic rings. The molecule has 106 valence electrons. The van der Waals surface area contributed by atoms with Gasteiger partial charge in [0.1, 0.15) is 11.6 Å². The minimum Gasteiger partial charge on any atom is -0.549 e. The van der Waals surface area contributed by atoms with E-state index in [1.54, 1.807) is 0 Å². The number of carboxylic acids is 2. The zero-order valence-corrected chi connectivity index (χ0v) is 11.0. The predicted octanol–water partition coefficient (Wildman–Crippen LogP) is -1.23. The Morgan fingerprint density at radius 1 is 0.947 bits per heavy atom. The zero-order chi connectivity index (χ0) is 15.2. The van der Waals surface area contributed by atoms with Crippen molar-refractivity contribution in [2.45, 2.75) is 39.5 Å². The molecule has 0 unspecified atom stereocenters. The molecule has 0 saturated carbocycles. The Kier molecular flexibility index (Phi) is 6.11. The Hall–Kier alpha value is -1.98. The van der Waals surface area contributed by atoms with Crippen LogP contribution < -0.4 is 10.2 Å². The van der Waals surface area contributed by atoms with E-state index in [9.17, 15) is 29.4 Å². The number of rotatable bonds is 9. The number of hydrogen-bond acceptors (Lipinski definition) is 6. The lowest BCUT2D eigenvalue weighted by atomic mass is 9.72. The van der Waals surface area contributed by atoms with E-state index < -0.39 is 47.3 Å². The Bertz CT molecular complexity index is 403. The third-order valence-electron chi connectivity index (χ3n) is 3.00. The van der Waals surface area contributed by atoms with E-state index in [4.69, 9.17) is 0 Å². The summed E-state index contributed by atoms with van der Waals surface area (Å²) in [6.07, 6.45) is -1.22. The highest BCUT2D eigenvalue weighted by atomic mass is 16.4. The molecule has 0 amide bonds. The summed E-state index contributed by atoms with van der Waals surface area (Å²) in [7, 11) is 0. The molecule has 0 radical (unpaired) electrons. The molecule has 0 saturated heterocycles. The fourth-order valence-corrected chi connectivity index (χ4v) is 1.66. The number of aliphatic carboxylic acids is 2. The van der Waals surface area contributed by atoms with Gasteiger partial charge < -0.3 is 19.8 Å². The van der Waals surface area contributed by atoms with Crippen molar-refractivity contribution in [2.75, 3.05) is 0 Å². The van der Waals surface area contributed by atoms with E-state index in [2.05, 4.69) is 6.58 Å². The molecule has 0 N–H and O–H groups in total. The highest BCUT2D eigenvalue weighted by molar-refractivity contribution is 6.00. The quantitative estimate of drug-likeness (QED) is 0.483. The van der Waals surface area contributed by atoms with Gasteiger partial charge in [-0.15, -0.1) is 0 Å². The van der Waals surface area contributed by atoms with Crippen molar-refractivity contribution in [3.05, 3.63) is 12.2 Å². The van der Waals surface area contributed by atoms with Gasteiger partial charge >= 0.3 is 0 Å². The molecule has 0 aliphatic carbocycles. The van der Waals surface area contributed by atoms with E-state index in [-0.39, 0.29) is 12.8 Å². The standard InChI is InChI=1S/C13H18O6/c1-4-9(14)6-13(12(18)19,7-10(15)5-2)8(3)11(16)17/h3-7H2,1-2H3,(H,16,17)(H,18,19)/p-2. The Labute approximate surface area is 111 Å². The van der Waals surface area contributed by atoms with Gasteiger partial charge in [0, 0.05) is 31.1 Å². The molecular weight excluding hydrogens is 252 g/mol. The highest BCUT2D eigenvalue weighted by Gasteiger charge is 2.39. The van der Waals surface area contributed by atoms with Crippen molar-refractivity contribution in [3.8, 4) is 0 Å². The first kappa shape index (κ1) is 17.0. The van der Waals surface area contributed by atoms with Crippen LogP contribution >= 0.6 is 0 Å². The van der Waals surface area contributed by atoms with E-state index in [0.717, 1.165) is 0 Å². The molecule has 0 bridgehead atoms. The van der Waals surface area contributed by atoms with Crippen molar-refractivity contribution in [2.24, 2.45) is 5.41 Å². The monoisotopic (exact) mass is 268 g/mol. The van der Waals surface area contributed by atoms with Crippen LogP contribution in [0.2, 0.25) is 0 Å². The largest absolute Gasteiger partial charge is 0.549 e. The molecule has 19 heavy (non-hydrogen) atoms. The molecule has 0 atom stereocenters. The van der Waals surface area contributed by atoms with Crippen LogP contribution in [0.25, 0.3) is 0 Å². The normalized spacial score (nSPS) is 10.8. The van der Waals surface area contributed by atoms with Crippen molar-refractivity contribution < 1.29 is 29.4 Å². The van der Waals surface area contributed by atoms with Gasteiger partial charge in [-0.2, -0.15) is 0 Å². The third kappa shape index (κ3) is 4.01. The van der Waals surface area contributed by atoms with Crippen LogP contribution in [0.4, 0.5) is 0 Å². The zero-order valence-electron chi connectivity index (χ0n) is 11.0. The minimum absolute atomic E-state index is 0.0235. The molecule has 0 aromatic heterocycles. The molecule has 6 heteroatoms. The number of carbonyl (C=O) groups excluding carboxylic acids is 4. The molecule has 0 fully saturated rings. The van der Waals surface area contributed by atoms with E-state index in [1.165, 1.54) is 13.8 Å². The van der Waals surface area contributed by atoms with Gasteiger partial charge in [0.15, 0.2) is 0 Å². The average molecular weight is 268 g/mol. The Morgan fingerprint density at radius 3 is 1.53 bits per heavy atom. The fourth-order valence-electron chi connectivity index (χ4n) is 1.66. The average Bonchev–Trinajstić information content (AvgIpc) is 2.35. The first-order valence-corrected chi connectivity index (χ1v) is 5.86. The summed E-state index contributed by atoms with van der Waals surface area (Å²) in [4.78, 5) is 45.1. The lowest BCUT2D eigenvalue weighted by molar-refractivity contribution is -0.322. The second-order valence-corrected chi connectivity index (χ2v) is 4.27. The van der Waals surface area contributed by atoms with Crippen LogP contribution in [0.3, 0.4) is 0 Å². The van der Waals surface area contributed by atoms with Crippen LogP contribution in [0.15, 0.2) is 12.2 Å². The summed E-state index contributed by atoms with van der Waals surface area (Å²) in [6, 6.07) is 0. The van der Waals surface area contributed by atoms with Crippen LogP contribution in [0.5, 0.6) is 0 Å². The van der Waals surface area contributed by atoms with Gasteiger partial charge in [-0.3, -0.25) is 9.59 Å². The second-order valence-electron chi connectivity index (χ2n) is 4.27. The summed E-state index contributed by atoms with van der Waals surface area (Å²) >= 11 is 0. The predicted molar refractivity (Wildman–Crippen MR) is 61.4 cm³/mol. The van der Waals surface area contributed by atoms with Crippen molar-refractivity contribution in [3.63, 3.8) is 0 Å². The molecule has 6 nitrogen and oxygen atoms in total. The highest BCUT2D eigenvalue weighted by Crippen LogP contribution is 2.35. The third-order valence-corrected chi connectivity index (χ3v) is 3.00. The van der Waals surface area contributed by atoms with Gasteiger partial charge in [-0.05, 0) is 5.57 Å². The first-order chi connectivity index (χ1) is 8.71. The van der Waals surface area contributed by atoms with Gasteiger partial charge in [-0.1, -0.05) is 20.4 Å². The maximum atomic E-state index is 11.5. The molecule has 0 aromatic rings. The number of carboxylic acid groups (broad SMARTS) is 2. The summed E-state index contributed by atoms with van der Waals surface area (Å²) in [5, 5.41) is 22.2. The maximum Gasteiger partial charge on any atom is 0.133 e. The molecular formula is C13H16O6-2. The van der Waals surface area contributed by atoms with E-state index >= 15 is 0 Å². The second kappa shape index (κ2) is 6.82. The van der Waals surface area contributed by atoms with Crippen molar-refractivity contribution >= 4 is 23.5 Å². The smallest absolute Gasteiger partial charge is 0.133 e. The first-order valence-electron chi connectivity index (χ1n) is 5.86. The van der Waals surface area contributed by atoms with Crippen LogP contribution in [0.1, 0.15) is 39.5 Å². The Morgan fingerprint density at radius 2 is 1.32 bits per heavy atom. The molecule has 0 aliphatic heterocycles. The number of hydrogen-bond donors (Lipinski definition) is 0. The SMILES string of the molecule is C=C(C(=O)[O-])C(CC(=O)CC)(CC(=O)CC)C(=O)[O-]. The van der Waals surface area contributed by atoms with Gasteiger partial charge in [0.2, 0.25) is 0 Å². The van der Waals surface area contributed by atoms with Crippen LogP contribution in [0, 0.1) is 5.41 Å². The van der Waals surface area contributed by atoms with Gasteiger partial charge in [0.25, 0.3) is 0 Å². The van der Waals surface area contributed by atoms with Crippen molar-refractivity contribution in [1.29, 1.82) is 0 Å².